The van der Waals surface area contributed by atoms with Gasteiger partial charge in [-0.2, -0.15) is 8.42 Å². The SMILES string of the molecule is CC(=O)C1C(=O)c2c(c(Cl)cc(Cl)c2OS(=O)(=O)O)N=C1C. The van der Waals surface area contributed by atoms with E-state index in [1.807, 2.05) is 0 Å². The Hall–Kier alpha value is -1.48. The number of carbonyl (C=O) groups excluding carboxylic acids is 2. The van der Waals surface area contributed by atoms with Crippen molar-refractivity contribution in [2.24, 2.45) is 10.9 Å². The molecule has 10 heteroatoms. The number of benzene rings is 1. The van der Waals surface area contributed by atoms with Gasteiger partial charge in [-0.05, 0) is 19.9 Å². The van der Waals surface area contributed by atoms with Gasteiger partial charge in [0.2, 0.25) is 0 Å². The van der Waals surface area contributed by atoms with Crippen LogP contribution in [-0.2, 0) is 15.2 Å². The Morgan fingerprint density at radius 3 is 2.45 bits per heavy atom. The maximum absolute atomic E-state index is 12.5. The van der Waals surface area contributed by atoms with Crippen LogP contribution in [0, 0.1) is 5.92 Å². The van der Waals surface area contributed by atoms with Crippen LogP contribution < -0.4 is 4.18 Å². The zero-order chi connectivity index (χ0) is 16.8. The fraction of sp³-hybridized carbons (Fsp3) is 0.250. The summed E-state index contributed by atoms with van der Waals surface area (Å²) >= 11 is 11.8. The van der Waals surface area contributed by atoms with Crippen molar-refractivity contribution in [2.45, 2.75) is 13.8 Å². The van der Waals surface area contributed by atoms with Crippen LogP contribution in [0.5, 0.6) is 5.75 Å². The molecule has 0 spiro atoms. The van der Waals surface area contributed by atoms with Gasteiger partial charge in [-0.1, -0.05) is 23.2 Å². The normalized spacial score (nSPS) is 17.8. The molecule has 22 heavy (non-hydrogen) atoms. The van der Waals surface area contributed by atoms with Crippen LogP contribution >= 0.6 is 23.2 Å². The first kappa shape index (κ1) is 16.9. The summed E-state index contributed by atoms with van der Waals surface area (Å²) in [5, 5.41) is -0.329. The molecule has 1 N–H and O–H groups in total. The van der Waals surface area contributed by atoms with Gasteiger partial charge in [0.05, 0.1) is 21.3 Å². The predicted molar refractivity (Wildman–Crippen MR) is 79.9 cm³/mol. The van der Waals surface area contributed by atoms with Crippen molar-refractivity contribution < 1.29 is 26.7 Å². The van der Waals surface area contributed by atoms with Gasteiger partial charge in [0.1, 0.15) is 11.7 Å². The van der Waals surface area contributed by atoms with E-state index in [0.29, 0.717) is 0 Å². The summed E-state index contributed by atoms with van der Waals surface area (Å²) in [7, 11) is -4.93. The minimum Gasteiger partial charge on any atom is -0.359 e. The number of Topliss-reactive ketones (excluding diaryl/α,β-unsaturated/α-hetero) is 2. The lowest BCUT2D eigenvalue weighted by Crippen LogP contribution is -2.32. The highest BCUT2D eigenvalue weighted by molar-refractivity contribution is 7.81. The fourth-order valence-corrected chi connectivity index (χ4v) is 3.14. The van der Waals surface area contributed by atoms with E-state index in [4.69, 9.17) is 27.8 Å². The van der Waals surface area contributed by atoms with Gasteiger partial charge < -0.3 is 4.18 Å². The zero-order valence-corrected chi connectivity index (χ0v) is 13.6. The Balaban J connectivity index is 2.81. The summed E-state index contributed by atoms with van der Waals surface area (Å²) in [5.74, 6) is -3.04. The number of nitrogens with zero attached hydrogens (tertiary/aromatic N) is 1. The number of hydrogen-bond acceptors (Lipinski definition) is 6. The second-order valence-corrected chi connectivity index (χ2v) is 6.40. The van der Waals surface area contributed by atoms with Crippen LogP contribution in [0.4, 0.5) is 5.69 Å². The summed E-state index contributed by atoms with van der Waals surface area (Å²) in [6, 6.07) is 1.13. The molecule has 0 radical (unpaired) electrons. The highest BCUT2D eigenvalue weighted by atomic mass is 35.5. The average Bonchev–Trinajstić information content (AvgIpc) is 2.32. The molecule has 0 amide bonds. The van der Waals surface area contributed by atoms with E-state index in [1.54, 1.807) is 0 Å². The third-order valence-electron chi connectivity index (χ3n) is 2.97. The molecule has 1 unspecified atom stereocenters. The van der Waals surface area contributed by atoms with Crippen molar-refractivity contribution in [3.05, 3.63) is 21.7 Å². The number of carbonyl (C=O) groups is 2. The first-order valence-electron chi connectivity index (χ1n) is 5.81. The number of rotatable bonds is 3. The Morgan fingerprint density at radius 1 is 1.36 bits per heavy atom. The van der Waals surface area contributed by atoms with Crippen LogP contribution in [0.3, 0.4) is 0 Å². The van der Waals surface area contributed by atoms with Crippen molar-refractivity contribution in [1.29, 1.82) is 0 Å². The van der Waals surface area contributed by atoms with E-state index in [9.17, 15) is 18.0 Å². The molecule has 1 aliphatic rings. The van der Waals surface area contributed by atoms with E-state index >= 15 is 0 Å². The van der Waals surface area contributed by atoms with Crippen molar-refractivity contribution in [1.82, 2.24) is 0 Å². The summed E-state index contributed by atoms with van der Waals surface area (Å²) in [5.41, 5.74) is -0.210. The molecule has 0 saturated carbocycles. The lowest BCUT2D eigenvalue weighted by atomic mass is 9.87. The van der Waals surface area contributed by atoms with Gasteiger partial charge in [-0.3, -0.25) is 19.1 Å². The highest BCUT2D eigenvalue weighted by Crippen LogP contribution is 2.45. The lowest BCUT2D eigenvalue weighted by molar-refractivity contribution is -0.117. The van der Waals surface area contributed by atoms with Crippen LogP contribution in [0.1, 0.15) is 24.2 Å². The first-order chi connectivity index (χ1) is 10.0. The number of fused-ring (bicyclic) bond motifs is 1. The number of halogens is 2. The van der Waals surface area contributed by atoms with Gasteiger partial charge in [-0.25, -0.2) is 0 Å². The molecular formula is C12H9Cl2NO6S. The summed E-state index contributed by atoms with van der Waals surface area (Å²) in [4.78, 5) is 28.2. The van der Waals surface area contributed by atoms with Crippen molar-refractivity contribution in [3.8, 4) is 5.75 Å². The second-order valence-electron chi connectivity index (χ2n) is 4.57. The van der Waals surface area contributed by atoms with Crippen LogP contribution in [0.25, 0.3) is 0 Å². The Kier molecular flexibility index (Phi) is 4.31. The number of hydrogen-bond donors (Lipinski definition) is 1. The molecule has 0 fully saturated rings. The smallest absolute Gasteiger partial charge is 0.359 e. The molecule has 1 aliphatic heterocycles. The van der Waals surface area contributed by atoms with E-state index in [-0.39, 0.29) is 27.0 Å². The molecule has 0 saturated heterocycles. The second kappa shape index (κ2) is 5.62. The van der Waals surface area contributed by atoms with Crippen LogP contribution in [0.15, 0.2) is 11.1 Å². The van der Waals surface area contributed by atoms with E-state index in [2.05, 4.69) is 9.18 Å². The molecule has 1 aromatic carbocycles. The number of ketones is 2. The topological polar surface area (TPSA) is 110 Å². The molecule has 2 rings (SSSR count). The van der Waals surface area contributed by atoms with Crippen LogP contribution in [-0.4, -0.2) is 30.2 Å². The Bertz CT molecular complexity index is 831. The average molecular weight is 366 g/mol. The molecule has 0 bridgehead atoms. The maximum atomic E-state index is 12.5. The first-order valence-corrected chi connectivity index (χ1v) is 7.93. The van der Waals surface area contributed by atoms with Crippen molar-refractivity contribution in [3.63, 3.8) is 0 Å². The lowest BCUT2D eigenvalue weighted by Gasteiger charge is -2.22. The quantitative estimate of drug-likeness (QED) is 0.651. The van der Waals surface area contributed by atoms with E-state index < -0.39 is 33.6 Å². The zero-order valence-electron chi connectivity index (χ0n) is 11.3. The number of aliphatic imine (C=N–C) groups is 1. The monoisotopic (exact) mass is 365 g/mol. The molecule has 1 aromatic rings. The summed E-state index contributed by atoms with van der Waals surface area (Å²) < 4.78 is 35.1. The van der Waals surface area contributed by atoms with Crippen LogP contribution in [0.2, 0.25) is 10.0 Å². The molecular weight excluding hydrogens is 357 g/mol. The summed E-state index contributed by atoms with van der Waals surface area (Å²) in [6.07, 6.45) is 0. The largest absolute Gasteiger partial charge is 0.446 e. The fourth-order valence-electron chi connectivity index (χ4n) is 2.17. The van der Waals surface area contributed by atoms with Gasteiger partial charge >= 0.3 is 10.4 Å². The van der Waals surface area contributed by atoms with Gasteiger partial charge in [0, 0.05) is 5.71 Å². The molecule has 1 atom stereocenters. The van der Waals surface area contributed by atoms with Gasteiger partial charge in [0.25, 0.3) is 0 Å². The third-order valence-corrected chi connectivity index (χ3v) is 3.92. The van der Waals surface area contributed by atoms with Crippen molar-refractivity contribution in [2.75, 3.05) is 0 Å². The Labute approximate surface area is 135 Å². The van der Waals surface area contributed by atoms with E-state index in [0.717, 1.165) is 6.07 Å². The molecule has 118 valence electrons. The Morgan fingerprint density at radius 2 is 1.95 bits per heavy atom. The predicted octanol–water partition coefficient (Wildman–Crippen LogP) is 2.67. The minimum absolute atomic E-state index is 0.0163. The molecule has 0 aliphatic carbocycles. The van der Waals surface area contributed by atoms with Crippen molar-refractivity contribution >= 4 is 56.6 Å². The van der Waals surface area contributed by atoms with Gasteiger partial charge in [0.15, 0.2) is 11.5 Å². The minimum atomic E-state index is -4.93. The highest BCUT2D eigenvalue weighted by Gasteiger charge is 2.38. The molecule has 1 heterocycles. The standard InChI is InChI=1S/C12H9Cl2NO6S/c1-4-8(5(2)16)11(17)9-10(15-4)6(13)3-7(14)12(9)21-22(18,19)20/h3,8H,1-2H3,(H,18,19,20). The van der Waals surface area contributed by atoms with Gasteiger partial charge in [-0.15, -0.1) is 0 Å². The molecule has 0 aromatic heterocycles. The maximum Gasteiger partial charge on any atom is 0.446 e. The third kappa shape index (κ3) is 3.00. The summed E-state index contributed by atoms with van der Waals surface area (Å²) in [6.45, 7) is 2.67. The van der Waals surface area contributed by atoms with E-state index in [1.165, 1.54) is 13.8 Å². The molecule has 7 nitrogen and oxygen atoms in total.